The van der Waals surface area contributed by atoms with Gasteiger partial charge < -0.3 is 15.0 Å². The SMILES string of the molecule is CN(C)Cc1ccc(CNC(=O)c2ccccc2OC(F)F)cc1. The van der Waals surface area contributed by atoms with Gasteiger partial charge in [-0.1, -0.05) is 36.4 Å². The van der Waals surface area contributed by atoms with Gasteiger partial charge in [0.1, 0.15) is 5.75 Å². The van der Waals surface area contributed by atoms with Crippen LogP contribution < -0.4 is 10.1 Å². The van der Waals surface area contributed by atoms with Crippen LogP contribution in [0.2, 0.25) is 0 Å². The molecule has 0 aromatic heterocycles. The van der Waals surface area contributed by atoms with E-state index in [0.717, 1.165) is 12.1 Å². The van der Waals surface area contributed by atoms with Crippen LogP contribution in [-0.4, -0.2) is 31.5 Å². The van der Waals surface area contributed by atoms with Crippen LogP contribution in [0.15, 0.2) is 48.5 Å². The van der Waals surface area contributed by atoms with Crippen LogP contribution in [0.1, 0.15) is 21.5 Å². The van der Waals surface area contributed by atoms with Crippen LogP contribution in [0, 0.1) is 0 Å². The molecule has 2 rings (SSSR count). The topological polar surface area (TPSA) is 41.6 Å². The quantitative estimate of drug-likeness (QED) is 0.845. The van der Waals surface area contributed by atoms with Crippen LogP contribution in [0.4, 0.5) is 8.78 Å². The molecule has 0 fully saturated rings. The molecule has 4 nitrogen and oxygen atoms in total. The van der Waals surface area contributed by atoms with Gasteiger partial charge in [-0.25, -0.2) is 0 Å². The Bertz CT molecular complexity index is 673. The molecule has 0 unspecified atom stereocenters. The van der Waals surface area contributed by atoms with Crippen molar-refractivity contribution in [1.82, 2.24) is 10.2 Å². The number of halogens is 2. The maximum absolute atomic E-state index is 12.4. The number of para-hydroxylation sites is 1. The van der Waals surface area contributed by atoms with Crippen LogP contribution in [0.25, 0.3) is 0 Å². The molecule has 0 aliphatic heterocycles. The summed E-state index contributed by atoms with van der Waals surface area (Å²) >= 11 is 0. The van der Waals surface area contributed by atoms with Gasteiger partial charge in [-0.2, -0.15) is 8.78 Å². The van der Waals surface area contributed by atoms with Gasteiger partial charge in [0.2, 0.25) is 0 Å². The monoisotopic (exact) mass is 334 g/mol. The number of benzene rings is 2. The van der Waals surface area contributed by atoms with E-state index in [4.69, 9.17) is 0 Å². The molecule has 0 atom stereocenters. The molecular weight excluding hydrogens is 314 g/mol. The predicted octanol–water partition coefficient (Wildman–Crippen LogP) is 3.28. The van der Waals surface area contributed by atoms with Crippen molar-refractivity contribution in [1.29, 1.82) is 0 Å². The maximum atomic E-state index is 12.4. The lowest BCUT2D eigenvalue weighted by Gasteiger charge is -2.12. The Labute approximate surface area is 140 Å². The fourth-order valence-electron chi connectivity index (χ4n) is 2.26. The first-order valence-corrected chi connectivity index (χ1v) is 7.50. The zero-order valence-electron chi connectivity index (χ0n) is 13.6. The van der Waals surface area contributed by atoms with E-state index in [0.29, 0.717) is 6.54 Å². The Morgan fingerprint density at radius 3 is 2.33 bits per heavy atom. The standard InChI is InChI=1S/C18H20F2N2O2/c1-22(2)12-14-9-7-13(8-10-14)11-21-17(23)15-5-3-4-6-16(15)24-18(19)20/h3-10,18H,11-12H2,1-2H3,(H,21,23). The number of ether oxygens (including phenoxy) is 1. The average Bonchev–Trinajstić information content (AvgIpc) is 2.53. The zero-order chi connectivity index (χ0) is 17.5. The summed E-state index contributed by atoms with van der Waals surface area (Å²) in [5, 5.41) is 2.71. The molecule has 0 spiro atoms. The molecule has 1 N–H and O–H groups in total. The molecule has 128 valence electrons. The van der Waals surface area contributed by atoms with E-state index in [1.54, 1.807) is 6.07 Å². The molecule has 2 aromatic carbocycles. The fourth-order valence-corrected chi connectivity index (χ4v) is 2.26. The van der Waals surface area contributed by atoms with Crippen molar-refractivity contribution < 1.29 is 18.3 Å². The number of nitrogens with zero attached hydrogens (tertiary/aromatic N) is 1. The van der Waals surface area contributed by atoms with E-state index in [9.17, 15) is 13.6 Å². The third-order valence-corrected chi connectivity index (χ3v) is 3.32. The lowest BCUT2D eigenvalue weighted by molar-refractivity contribution is -0.0501. The summed E-state index contributed by atoms with van der Waals surface area (Å²) in [6, 6.07) is 13.8. The highest BCUT2D eigenvalue weighted by atomic mass is 19.3. The highest BCUT2D eigenvalue weighted by molar-refractivity contribution is 5.96. The second-order valence-corrected chi connectivity index (χ2v) is 5.61. The normalized spacial score (nSPS) is 10.9. The summed E-state index contributed by atoms with van der Waals surface area (Å²) < 4.78 is 29.1. The summed E-state index contributed by atoms with van der Waals surface area (Å²) in [5.41, 5.74) is 2.19. The first-order chi connectivity index (χ1) is 11.5. The van der Waals surface area contributed by atoms with Crippen molar-refractivity contribution in [3.05, 3.63) is 65.2 Å². The largest absolute Gasteiger partial charge is 0.434 e. The highest BCUT2D eigenvalue weighted by Gasteiger charge is 2.14. The second kappa shape index (κ2) is 8.40. The summed E-state index contributed by atoms with van der Waals surface area (Å²) in [6.07, 6.45) is 0. The number of hydrogen-bond donors (Lipinski definition) is 1. The summed E-state index contributed by atoms with van der Waals surface area (Å²) in [6.45, 7) is -1.82. The molecule has 6 heteroatoms. The Morgan fingerprint density at radius 2 is 1.71 bits per heavy atom. The number of rotatable bonds is 7. The summed E-state index contributed by atoms with van der Waals surface area (Å²) in [4.78, 5) is 14.3. The van der Waals surface area contributed by atoms with Crippen molar-refractivity contribution in [3.63, 3.8) is 0 Å². The van der Waals surface area contributed by atoms with Crippen LogP contribution >= 0.6 is 0 Å². The summed E-state index contributed by atoms with van der Waals surface area (Å²) in [5.74, 6) is -0.588. The molecule has 0 aliphatic rings. The Balaban J connectivity index is 1.98. The van der Waals surface area contributed by atoms with E-state index in [2.05, 4.69) is 15.0 Å². The molecule has 24 heavy (non-hydrogen) atoms. The van der Waals surface area contributed by atoms with Gasteiger partial charge in [0.15, 0.2) is 0 Å². The van der Waals surface area contributed by atoms with E-state index >= 15 is 0 Å². The lowest BCUT2D eigenvalue weighted by atomic mass is 10.1. The zero-order valence-corrected chi connectivity index (χ0v) is 13.6. The van der Waals surface area contributed by atoms with Gasteiger partial charge in [-0.3, -0.25) is 4.79 Å². The molecule has 0 radical (unpaired) electrons. The Morgan fingerprint density at radius 1 is 1.08 bits per heavy atom. The average molecular weight is 334 g/mol. The van der Waals surface area contributed by atoms with E-state index in [1.807, 2.05) is 38.4 Å². The molecule has 0 bridgehead atoms. The van der Waals surface area contributed by atoms with Crippen molar-refractivity contribution in [2.24, 2.45) is 0 Å². The number of carbonyl (C=O) groups excluding carboxylic acids is 1. The molecule has 0 aliphatic carbocycles. The minimum absolute atomic E-state index is 0.0852. The van der Waals surface area contributed by atoms with Gasteiger partial charge in [0.05, 0.1) is 5.56 Å². The third-order valence-electron chi connectivity index (χ3n) is 3.32. The smallest absolute Gasteiger partial charge is 0.387 e. The predicted molar refractivity (Wildman–Crippen MR) is 88.1 cm³/mol. The molecule has 1 amide bonds. The number of amides is 1. The van der Waals surface area contributed by atoms with Gasteiger partial charge in [-0.05, 0) is 37.4 Å². The minimum atomic E-state index is -2.97. The van der Waals surface area contributed by atoms with Crippen LogP contribution in [0.5, 0.6) is 5.75 Å². The highest BCUT2D eigenvalue weighted by Crippen LogP contribution is 2.20. The van der Waals surface area contributed by atoms with Crippen LogP contribution in [0.3, 0.4) is 0 Å². The van der Waals surface area contributed by atoms with Gasteiger partial charge in [0.25, 0.3) is 5.91 Å². The Kier molecular flexibility index (Phi) is 6.26. The third kappa shape index (κ3) is 5.31. The lowest BCUT2D eigenvalue weighted by Crippen LogP contribution is -2.23. The molecular formula is C18H20F2N2O2. The van der Waals surface area contributed by atoms with Gasteiger partial charge in [0, 0.05) is 13.1 Å². The van der Waals surface area contributed by atoms with Crippen molar-refractivity contribution in [2.45, 2.75) is 19.7 Å². The Hall–Kier alpha value is -2.47. The minimum Gasteiger partial charge on any atom is -0.434 e. The van der Waals surface area contributed by atoms with Crippen molar-refractivity contribution >= 4 is 5.91 Å². The molecule has 2 aromatic rings. The van der Waals surface area contributed by atoms with E-state index in [-0.39, 0.29) is 11.3 Å². The van der Waals surface area contributed by atoms with Gasteiger partial charge in [-0.15, -0.1) is 0 Å². The second-order valence-electron chi connectivity index (χ2n) is 5.61. The molecule has 0 saturated carbocycles. The number of carbonyl (C=O) groups is 1. The van der Waals surface area contributed by atoms with E-state index in [1.165, 1.54) is 23.8 Å². The summed E-state index contributed by atoms with van der Waals surface area (Å²) in [7, 11) is 3.99. The number of alkyl halides is 2. The number of nitrogens with one attached hydrogen (secondary N) is 1. The first-order valence-electron chi connectivity index (χ1n) is 7.50. The van der Waals surface area contributed by atoms with Crippen LogP contribution in [-0.2, 0) is 13.1 Å². The van der Waals surface area contributed by atoms with Gasteiger partial charge >= 0.3 is 6.61 Å². The molecule has 0 saturated heterocycles. The first kappa shape index (κ1) is 17.9. The molecule has 0 heterocycles. The van der Waals surface area contributed by atoms with E-state index < -0.39 is 12.5 Å². The van der Waals surface area contributed by atoms with Crippen molar-refractivity contribution in [3.8, 4) is 5.75 Å². The number of hydrogen-bond acceptors (Lipinski definition) is 3. The fraction of sp³-hybridized carbons (Fsp3) is 0.278. The maximum Gasteiger partial charge on any atom is 0.387 e. The van der Waals surface area contributed by atoms with Crippen molar-refractivity contribution in [2.75, 3.05) is 14.1 Å².